The summed E-state index contributed by atoms with van der Waals surface area (Å²) in [6.07, 6.45) is 3.97. The second-order valence-electron chi connectivity index (χ2n) is 5.21. The van der Waals surface area contributed by atoms with Crippen LogP contribution >= 0.6 is 0 Å². The highest BCUT2D eigenvalue weighted by Gasteiger charge is 2.24. The van der Waals surface area contributed by atoms with Gasteiger partial charge < -0.3 is 10.1 Å². The van der Waals surface area contributed by atoms with E-state index >= 15 is 0 Å². The molecule has 0 saturated carbocycles. The Hall–Kier alpha value is -1.55. The van der Waals surface area contributed by atoms with Crippen molar-refractivity contribution in [1.29, 1.82) is 0 Å². The molecule has 1 aromatic carbocycles. The van der Waals surface area contributed by atoms with Crippen LogP contribution in [-0.2, 0) is 4.79 Å². The van der Waals surface area contributed by atoms with Gasteiger partial charge in [0.2, 0.25) is 5.91 Å². The topological polar surface area (TPSA) is 50.4 Å². The van der Waals surface area contributed by atoms with Gasteiger partial charge in [0.05, 0.1) is 13.2 Å². The molecule has 0 aliphatic carbocycles. The number of ether oxygens (including phenoxy) is 1. The number of methoxy groups -OCH3 is 1. The lowest BCUT2D eigenvalue weighted by molar-refractivity contribution is -0.123. The number of hydrogen-bond donors (Lipinski definition) is 2. The van der Waals surface area contributed by atoms with Crippen molar-refractivity contribution in [3.63, 3.8) is 0 Å². The van der Waals surface area contributed by atoms with E-state index in [9.17, 15) is 4.79 Å². The molecular weight excluding hydrogens is 252 g/mol. The summed E-state index contributed by atoms with van der Waals surface area (Å²) in [6, 6.07) is 8.04. The molecular formula is C16H24N2O2. The molecule has 1 fully saturated rings. The van der Waals surface area contributed by atoms with Crippen LogP contribution in [0.2, 0.25) is 0 Å². The smallest absolute Gasteiger partial charge is 0.237 e. The minimum Gasteiger partial charge on any atom is -0.496 e. The summed E-state index contributed by atoms with van der Waals surface area (Å²) in [7, 11) is 1.68. The van der Waals surface area contributed by atoms with Crippen molar-refractivity contribution in [2.45, 2.75) is 44.7 Å². The molecule has 0 aromatic heterocycles. The van der Waals surface area contributed by atoms with Crippen LogP contribution in [0.25, 0.3) is 0 Å². The summed E-state index contributed by atoms with van der Waals surface area (Å²) < 4.78 is 5.43. The van der Waals surface area contributed by atoms with Crippen molar-refractivity contribution in [3.8, 4) is 5.75 Å². The van der Waals surface area contributed by atoms with Gasteiger partial charge in [-0.05, 0) is 31.7 Å². The molecule has 2 atom stereocenters. The number of hydrogen-bond acceptors (Lipinski definition) is 3. The number of benzene rings is 1. The largest absolute Gasteiger partial charge is 0.496 e. The Bertz CT molecular complexity index is 448. The zero-order chi connectivity index (χ0) is 14.4. The number of para-hydroxylation sites is 1. The third-order valence-electron chi connectivity index (χ3n) is 3.86. The van der Waals surface area contributed by atoms with Crippen LogP contribution in [0, 0.1) is 0 Å². The Morgan fingerprint density at radius 1 is 1.40 bits per heavy atom. The molecule has 1 aliphatic rings. The highest BCUT2D eigenvalue weighted by Crippen LogP contribution is 2.27. The summed E-state index contributed by atoms with van der Waals surface area (Å²) in [5.41, 5.74) is 1.12. The average Bonchev–Trinajstić information content (AvgIpc) is 2.69. The number of amides is 1. The Balaban J connectivity index is 2.13. The zero-order valence-corrected chi connectivity index (χ0v) is 12.3. The fourth-order valence-electron chi connectivity index (χ4n) is 2.72. The van der Waals surface area contributed by atoms with E-state index in [-0.39, 0.29) is 18.0 Å². The first-order valence-corrected chi connectivity index (χ1v) is 7.43. The quantitative estimate of drug-likeness (QED) is 0.868. The minimum atomic E-state index is -0.104. The molecule has 1 aliphatic heterocycles. The van der Waals surface area contributed by atoms with Gasteiger partial charge >= 0.3 is 0 Å². The lowest BCUT2D eigenvalue weighted by Crippen LogP contribution is -2.44. The Labute approximate surface area is 120 Å². The van der Waals surface area contributed by atoms with E-state index in [1.807, 2.05) is 18.2 Å². The molecule has 20 heavy (non-hydrogen) atoms. The first-order valence-electron chi connectivity index (χ1n) is 7.43. The van der Waals surface area contributed by atoms with Crippen molar-refractivity contribution in [3.05, 3.63) is 29.8 Å². The first-order chi connectivity index (χ1) is 9.76. The molecule has 1 heterocycles. The van der Waals surface area contributed by atoms with Gasteiger partial charge in [0.1, 0.15) is 5.75 Å². The van der Waals surface area contributed by atoms with Crippen LogP contribution in [0.1, 0.15) is 44.2 Å². The van der Waals surface area contributed by atoms with E-state index in [2.05, 4.69) is 23.6 Å². The van der Waals surface area contributed by atoms with Gasteiger partial charge in [0, 0.05) is 18.2 Å². The van der Waals surface area contributed by atoms with Crippen LogP contribution in [0.4, 0.5) is 0 Å². The molecule has 1 aromatic rings. The molecule has 0 spiro atoms. The summed E-state index contributed by atoms with van der Waals surface area (Å²) in [5, 5.41) is 6.47. The molecule has 0 bridgehead atoms. The van der Waals surface area contributed by atoms with Gasteiger partial charge in [0.15, 0.2) is 0 Å². The van der Waals surface area contributed by atoms with Gasteiger partial charge in [-0.15, -0.1) is 0 Å². The fraction of sp³-hybridized carbons (Fsp3) is 0.562. The third kappa shape index (κ3) is 3.51. The van der Waals surface area contributed by atoms with Gasteiger partial charge in [-0.3, -0.25) is 10.1 Å². The van der Waals surface area contributed by atoms with Crippen LogP contribution < -0.4 is 15.4 Å². The fourth-order valence-corrected chi connectivity index (χ4v) is 2.72. The first kappa shape index (κ1) is 14.9. The normalized spacial score (nSPS) is 20.9. The number of carbonyl (C=O) groups excluding carboxylic acids is 1. The van der Waals surface area contributed by atoms with Crippen LogP contribution in [0.5, 0.6) is 5.75 Å². The summed E-state index contributed by atoms with van der Waals surface area (Å²) >= 11 is 0. The molecule has 2 rings (SSSR count). The van der Waals surface area contributed by atoms with Crippen molar-refractivity contribution in [2.24, 2.45) is 0 Å². The molecule has 4 nitrogen and oxygen atoms in total. The summed E-state index contributed by atoms with van der Waals surface area (Å²) in [5.74, 6) is 0.997. The maximum absolute atomic E-state index is 12.0. The van der Waals surface area contributed by atoms with Crippen molar-refractivity contribution >= 4 is 5.91 Å². The molecule has 0 radical (unpaired) electrons. The minimum absolute atomic E-state index is 0.104. The highest BCUT2D eigenvalue weighted by molar-refractivity contribution is 5.82. The van der Waals surface area contributed by atoms with Crippen molar-refractivity contribution in [2.75, 3.05) is 13.7 Å². The highest BCUT2D eigenvalue weighted by atomic mass is 16.5. The monoisotopic (exact) mass is 276 g/mol. The van der Waals surface area contributed by atoms with Gasteiger partial charge in [-0.25, -0.2) is 0 Å². The van der Waals surface area contributed by atoms with E-state index in [1.54, 1.807) is 7.11 Å². The maximum Gasteiger partial charge on any atom is 0.237 e. The van der Waals surface area contributed by atoms with E-state index in [0.29, 0.717) is 0 Å². The molecule has 2 unspecified atom stereocenters. The molecule has 1 amide bonds. The van der Waals surface area contributed by atoms with Gasteiger partial charge in [-0.2, -0.15) is 0 Å². The second-order valence-corrected chi connectivity index (χ2v) is 5.21. The van der Waals surface area contributed by atoms with Gasteiger partial charge in [-0.1, -0.05) is 25.1 Å². The van der Waals surface area contributed by atoms with Crippen LogP contribution in [0.15, 0.2) is 24.3 Å². The van der Waals surface area contributed by atoms with E-state index < -0.39 is 0 Å². The van der Waals surface area contributed by atoms with Crippen molar-refractivity contribution < 1.29 is 9.53 Å². The Morgan fingerprint density at radius 3 is 2.95 bits per heavy atom. The molecule has 1 saturated heterocycles. The standard InChI is InChI=1S/C16H24N2O2/c1-3-13(12-8-4-5-10-15(12)20-2)18-14-9-6-7-11-17-16(14)19/h4-5,8,10,13-14,18H,3,6-7,9,11H2,1-2H3,(H,17,19). The molecule has 110 valence electrons. The zero-order valence-electron chi connectivity index (χ0n) is 12.3. The van der Waals surface area contributed by atoms with Crippen LogP contribution in [-0.4, -0.2) is 25.6 Å². The number of nitrogens with one attached hydrogen (secondary N) is 2. The Kier molecular flexibility index (Phi) is 5.41. The number of carbonyl (C=O) groups is 1. The third-order valence-corrected chi connectivity index (χ3v) is 3.86. The van der Waals surface area contributed by atoms with E-state index in [4.69, 9.17) is 4.74 Å². The van der Waals surface area contributed by atoms with Crippen LogP contribution in [0.3, 0.4) is 0 Å². The van der Waals surface area contributed by atoms with Crippen molar-refractivity contribution in [1.82, 2.24) is 10.6 Å². The number of rotatable bonds is 5. The lowest BCUT2D eigenvalue weighted by Gasteiger charge is -2.24. The van der Waals surface area contributed by atoms with E-state index in [1.165, 1.54) is 0 Å². The maximum atomic E-state index is 12.0. The lowest BCUT2D eigenvalue weighted by atomic mass is 10.0. The van der Waals surface area contributed by atoms with E-state index in [0.717, 1.165) is 43.5 Å². The summed E-state index contributed by atoms with van der Waals surface area (Å²) in [6.45, 7) is 2.92. The molecule has 4 heteroatoms. The Morgan fingerprint density at radius 2 is 2.20 bits per heavy atom. The SMILES string of the molecule is CCC(NC1CCCCNC1=O)c1ccccc1OC. The summed E-state index contributed by atoms with van der Waals surface area (Å²) in [4.78, 5) is 12.0. The predicted octanol–water partition coefficient (Wildman–Crippen LogP) is 2.40. The van der Waals surface area contributed by atoms with Gasteiger partial charge in [0.25, 0.3) is 0 Å². The predicted molar refractivity (Wildman–Crippen MR) is 79.8 cm³/mol. The molecule has 2 N–H and O–H groups in total. The second kappa shape index (κ2) is 7.29. The average molecular weight is 276 g/mol.